The molecule has 1 unspecified atom stereocenters. The summed E-state index contributed by atoms with van der Waals surface area (Å²) in [6.45, 7) is -4.65. The molecule has 93 heavy (non-hydrogen) atoms. The molecule has 0 aromatic carbocycles. The van der Waals surface area contributed by atoms with Crippen LogP contribution < -0.4 is 16.0 Å². The van der Waals surface area contributed by atoms with Gasteiger partial charge in [-0.2, -0.15) is 0 Å². The normalized spacial score (nSPS) is 47.2. The maximum absolute atomic E-state index is 12.9. The van der Waals surface area contributed by atoms with Crippen LogP contribution in [0.2, 0.25) is 0 Å². The Kier molecular flexibility index (Phi) is 27.2. The highest BCUT2D eigenvalue weighted by molar-refractivity contribution is 5.77. The fourth-order valence-electron chi connectivity index (χ4n) is 11.7. The number of aliphatic carboxylic acids is 1. The molecule has 3 amide bonds. The number of ether oxygens (including phenoxy) is 13. The maximum Gasteiger partial charge on any atom is 0.364 e. The van der Waals surface area contributed by atoms with Crippen molar-refractivity contribution in [1.29, 1.82) is 0 Å². The van der Waals surface area contributed by atoms with E-state index >= 15 is 0 Å². The second-order valence-electron chi connectivity index (χ2n) is 23.3. The molecule has 0 aliphatic carbocycles. The van der Waals surface area contributed by atoms with Crippen LogP contribution in [-0.4, -0.2) is 403 Å². The SMILES string of the molecule is CC(=O)N[C@H]1[C@H](OC[C@H]2OC(O)[C@H](O)[C@@H](O[C@@H]3O[C@H](CO)[C@@H](O)[C@H](O[C@@H]4O[C@H](CO)[C@H](O)[C@H](O)[C@H]4O)[C@H]3NC(C)=O)[C@@H]2O[C@@H]2O[C@H](CO)[C@H](O)[C@H](O)[C@H]2O)O[C@H](CO)[C@@H](O[C@@H]2O[C@H](CO[C@@]3(C(=O)O)C[C@H](O)[C@@H](NC(C)=O)[C@H]([C@H](O)[C@H](O)CO)O3)[C@H](O)[C@H](O)[C@H]2O)[C@@H]1O. The van der Waals surface area contributed by atoms with E-state index in [1.54, 1.807) is 0 Å². The summed E-state index contributed by atoms with van der Waals surface area (Å²) in [5, 5.41) is 244. The molecule has 0 aromatic heterocycles. The van der Waals surface area contributed by atoms with Crippen LogP contribution in [0.1, 0.15) is 27.2 Å². The number of aliphatic hydroxyl groups is 21. The summed E-state index contributed by atoms with van der Waals surface area (Å²) in [5.74, 6) is -7.69. The summed E-state index contributed by atoms with van der Waals surface area (Å²) >= 11 is 0. The molecular weight excluding hydrogens is 1280 g/mol. The zero-order valence-electron chi connectivity index (χ0n) is 49.6. The number of hydrogen-bond acceptors (Lipinski definition) is 38. The number of carboxylic acids is 1. The van der Waals surface area contributed by atoms with Crippen molar-refractivity contribution >= 4 is 23.7 Å². The van der Waals surface area contributed by atoms with Crippen molar-refractivity contribution in [2.24, 2.45) is 0 Å². The number of rotatable bonds is 25. The average Bonchev–Trinajstić information content (AvgIpc) is 0.793. The van der Waals surface area contributed by atoms with Gasteiger partial charge in [0, 0.05) is 27.2 Å². The first-order valence-corrected chi connectivity index (χ1v) is 29.2. The molecule has 7 aliphatic heterocycles. The summed E-state index contributed by atoms with van der Waals surface area (Å²) in [7, 11) is 0. The molecule has 0 radical (unpaired) electrons. The van der Waals surface area contributed by atoms with Crippen LogP contribution in [0, 0.1) is 0 Å². The van der Waals surface area contributed by atoms with E-state index in [1.165, 1.54) is 0 Å². The van der Waals surface area contributed by atoms with Crippen LogP contribution in [0.25, 0.3) is 0 Å². The Hall–Kier alpha value is -3.48. The monoisotopic (exact) mass is 1360 g/mol. The van der Waals surface area contributed by atoms with E-state index in [9.17, 15) is 132 Å². The lowest BCUT2D eigenvalue weighted by Gasteiger charge is -2.51. The van der Waals surface area contributed by atoms with E-state index in [4.69, 9.17) is 61.6 Å². The fourth-order valence-corrected chi connectivity index (χ4v) is 11.7. The number of carboxylic acid groups (broad SMARTS) is 1. The molecule has 7 fully saturated rings. The van der Waals surface area contributed by atoms with Crippen LogP contribution in [0.4, 0.5) is 0 Å². The van der Waals surface area contributed by atoms with E-state index in [-0.39, 0.29) is 0 Å². The minimum atomic E-state index is -3.02. The van der Waals surface area contributed by atoms with Gasteiger partial charge in [-0.15, -0.1) is 0 Å². The summed E-state index contributed by atoms with van der Waals surface area (Å²) in [6.07, 6.45) is -67.1. The number of aliphatic hydroxyl groups excluding tert-OH is 21. The van der Waals surface area contributed by atoms with Crippen molar-refractivity contribution in [3.8, 4) is 0 Å². The van der Waals surface area contributed by atoms with Gasteiger partial charge in [-0.3, -0.25) is 14.4 Å². The van der Waals surface area contributed by atoms with E-state index in [2.05, 4.69) is 16.0 Å². The lowest BCUT2D eigenvalue weighted by molar-refractivity contribution is -0.388. The molecule has 0 aromatic rings. The molecule has 25 N–H and O–H groups in total. The van der Waals surface area contributed by atoms with Crippen molar-refractivity contribution in [3.05, 3.63) is 0 Å². The van der Waals surface area contributed by atoms with Crippen LogP contribution in [0.5, 0.6) is 0 Å². The Morgan fingerprint density at radius 2 is 0.871 bits per heavy atom. The molecule has 42 heteroatoms. The molecule has 7 saturated heterocycles. The standard InChI is InChI=1S/C51H85N3O39/c1-12(60)52-23-15(63)4-51(50(79)80,93-42(23)26(65)16(64)5-55)82-11-21-29(68)34(73)37(76)49(88-21)89-39-20(9-59)87-45(24(31(39)70)53-13(2)61)81-10-22-40(90-47-35(74)32(71)27(66)17(6-56)85-47)43(38(77)44(78)83-22)92-46-25(54-14(3)62)41(30(69)19(8-58)84-46)91-48-36(75)33(72)28(67)18(7-57)86-48/h15-49,55-59,63-78H,4-11H2,1-3H3,(H,52,60)(H,53,61)(H,54,62)(H,79,80)/t15-,16+,17+,18+,19+,20+,21+,22+,23+,24+,25+,26+,27-,28-,29-,30+,31+,32-,33-,34-,35+,36+,37+,38+,39+,40+,41+,42+,43+,44?,45+,46-,47-,48-,49-,51-/m0/s1. The van der Waals surface area contributed by atoms with Gasteiger partial charge in [0.2, 0.25) is 17.7 Å². The number of carbonyl (C=O) groups is 4. The smallest absolute Gasteiger partial charge is 0.364 e. The first-order valence-electron chi connectivity index (χ1n) is 29.2. The Morgan fingerprint density at radius 1 is 0.441 bits per heavy atom. The summed E-state index contributed by atoms with van der Waals surface area (Å²) in [4.78, 5) is 50.6. The quantitative estimate of drug-likeness (QED) is 0.0404. The van der Waals surface area contributed by atoms with Gasteiger partial charge in [-0.1, -0.05) is 0 Å². The minimum Gasteiger partial charge on any atom is -0.477 e. The summed E-state index contributed by atoms with van der Waals surface area (Å²) in [5.41, 5.74) is 0. The highest BCUT2D eigenvalue weighted by atomic mass is 16.8. The molecule has 42 nitrogen and oxygen atoms in total. The highest BCUT2D eigenvalue weighted by Gasteiger charge is 2.60. The third kappa shape index (κ3) is 17.0. The molecule has 538 valence electrons. The molecule has 0 spiro atoms. The minimum absolute atomic E-state index is 0.810. The first-order chi connectivity index (χ1) is 43.8. The Balaban J connectivity index is 1.15. The predicted octanol–water partition coefficient (Wildman–Crippen LogP) is -16.6. The van der Waals surface area contributed by atoms with Crippen LogP contribution in [0.3, 0.4) is 0 Å². The largest absolute Gasteiger partial charge is 0.477 e. The van der Waals surface area contributed by atoms with E-state index in [0.717, 1.165) is 20.8 Å². The molecule has 7 aliphatic rings. The Labute approximate surface area is 525 Å². The number of hydrogen-bond donors (Lipinski definition) is 25. The van der Waals surface area contributed by atoms with E-state index in [1.807, 2.05) is 0 Å². The van der Waals surface area contributed by atoms with Crippen molar-refractivity contribution in [1.82, 2.24) is 16.0 Å². The van der Waals surface area contributed by atoms with Crippen LogP contribution >= 0.6 is 0 Å². The van der Waals surface area contributed by atoms with E-state index in [0.29, 0.717) is 0 Å². The highest BCUT2D eigenvalue weighted by Crippen LogP contribution is 2.39. The lowest BCUT2D eigenvalue weighted by atomic mass is 9.88. The zero-order valence-corrected chi connectivity index (χ0v) is 49.6. The van der Waals surface area contributed by atoms with Crippen molar-refractivity contribution in [2.45, 2.75) is 248 Å². The lowest BCUT2D eigenvalue weighted by Crippen LogP contribution is -2.70. The van der Waals surface area contributed by atoms with Gasteiger partial charge in [0.15, 0.2) is 37.7 Å². The molecule has 7 rings (SSSR count). The second kappa shape index (κ2) is 32.9. The Bertz CT molecular complexity index is 2410. The van der Waals surface area contributed by atoms with Gasteiger partial charge < -0.3 is 190 Å². The van der Waals surface area contributed by atoms with Crippen molar-refractivity contribution < 1.29 is 193 Å². The number of nitrogens with one attached hydrogen (secondary N) is 3. The van der Waals surface area contributed by atoms with Gasteiger partial charge in [0.25, 0.3) is 5.79 Å². The molecular formula is C51H85N3O39. The topological polar surface area (TPSA) is 669 Å². The van der Waals surface area contributed by atoms with Gasteiger partial charge >= 0.3 is 5.97 Å². The van der Waals surface area contributed by atoms with Gasteiger partial charge in [-0.05, 0) is 0 Å². The van der Waals surface area contributed by atoms with Gasteiger partial charge in [-0.25, -0.2) is 4.79 Å². The van der Waals surface area contributed by atoms with Gasteiger partial charge in [0.05, 0.1) is 58.4 Å². The van der Waals surface area contributed by atoms with Crippen molar-refractivity contribution in [3.63, 3.8) is 0 Å². The Morgan fingerprint density at radius 3 is 1.37 bits per heavy atom. The number of carbonyl (C=O) groups excluding carboxylic acids is 3. The molecule has 0 bridgehead atoms. The summed E-state index contributed by atoms with van der Waals surface area (Å²) < 4.78 is 75.4. The third-order valence-electron chi connectivity index (χ3n) is 16.7. The summed E-state index contributed by atoms with van der Waals surface area (Å²) in [6, 6.07) is -5.37. The second-order valence-corrected chi connectivity index (χ2v) is 23.3. The van der Waals surface area contributed by atoms with Gasteiger partial charge in [0.1, 0.15) is 165 Å². The zero-order chi connectivity index (χ0) is 69.0. The molecule has 7 heterocycles. The fraction of sp³-hybridized carbons (Fsp3) is 0.922. The third-order valence-corrected chi connectivity index (χ3v) is 16.7. The van der Waals surface area contributed by atoms with Crippen LogP contribution in [0.15, 0.2) is 0 Å². The van der Waals surface area contributed by atoms with Crippen LogP contribution in [-0.2, 0) is 80.8 Å². The predicted molar refractivity (Wildman–Crippen MR) is 284 cm³/mol. The number of amides is 3. The molecule has 0 saturated carbocycles. The van der Waals surface area contributed by atoms with E-state index < -0.39 is 297 Å². The first kappa shape index (κ1) is 76.9. The van der Waals surface area contributed by atoms with Crippen molar-refractivity contribution in [2.75, 3.05) is 46.2 Å². The molecule has 36 atom stereocenters. The average molecular weight is 1360 g/mol. The maximum atomic E-state index is 12.9.